The molecule has 3 N–H and O–H groups in total. The van der Waals surface area contributed by atoms with Crippen molar-refractivity contribution in [3.63, 3.8) is 0 Å². The Morgan fingerprint density at radius 3 is 2.54 bits per heavy atom. The third-order valence-electron chi connectivity index (χ3n) is 5.76. The summed E-state index contributed by atoms with van der Waals surface area (Å²) in [6.07, 6.45) is -3.44. The average molecular weight is 579 g/mol. The molecule has 2 aromatic heterocycles. The maximum atomic E-state index is 13.7. The molecule has 0 fully saturated rings. The van der Waals surface area contributed by atoms with Crippen LogP contribution in [0, 0.1) is 0 Å². The molecule has 0 unspecified atom stereocenters. The van der Waals surface area contributed by atoms with Crippen LogP contribution in [0.3, 0.4) is 0 Å². The van der Waals surface area contributed by atoms with Crippen LogP contribution in [0.5, 0.6) is 5.88 Å². The van der Waals surface area contributed by atoms with Gasteiger partial charge in [0.2, 0.25) is 11.8 Å². The van der Waals surface area contributed by atoms with E-state index in [4.69, 9.17) is 0 Å². The number of methoxy groups -OCH3 is 1. The van der Waals surface area contributed by atoms with E-state index in [0.717, 1.165) is 29.4 Å². The first-order chi connectivity index (χ1) is 18.5. The summed E-state index contributed by atoms with van der Waals surface area (Å²) in [4.78, 5) is 45.6. The Balaban J connectivity index is 1.78. The van der Waals surface area contributed by atoms with Gasteiger partial charge in [-0.25, -0.2) is 19.1 Å². The van der Waals surface area contributed by atoms with Gasteiger partial charge in [0, 0.05) is 22.3 Å². The van der Waals surface area contributed by atoms with E-state index in [2.05, 4.69) is 20.0 Å². The third-order valence-corrected chi connectivity index (χ3v) is 7.26. The van der Waals surface area contributed by atoms with Crippen molar-refractivity contribution in [3.8, 4) is 17.1 Å². The van der Waals surface area contributed by atoms with Gasteiger partial charge in [0.1, 0.15) is 11.7 Å². The Kier molecular flexibility index (Phi) is 8.16. The van der Waals surface area contributed by atoms with Crippen LogP contribution >= 0.6 is 23.1 Å². The molecule has 0 aliphatic heterocycles. The van der Waals surface area contributed by atoms with E-state index in [-0.39, 0.29) is 22.1 Å². The molecule has 1 atom stereocenters. The Morgan fingerprint density at radius 2 is 1.90 bits per heavy atom. The molecule has 4 rings (SSSR count). The average Bonchev–Trinajstić information content (AvgIpc) is 3.50. The van der Waals surface area contributed by atoms with Gasteiger partial charge in [0.05, 0.1) is 12.7 Å². The highest BCUT2D eigenvalue weighted by Gasteiger charge is 2.36. The zero-order valence-corrected chi connectivity index (χ0v) is 22.0. The van der Waals surface area contributed by atoms with Gasteiger partial charge < -0.3 is 20.1 Å². The quantitative estimate of drug-likeness (QED) is 0.199. The maximum absolute atomic E-state index is 13.7. The van der Waals surface area contributed by atoms with E-state index in [0.29, 0.717) is 10.1 Å². The Labute approximate surface area is 227 Å². The van der Waals surface area contributed by atoms with Crippen molar-refractivity contribution < 1.29 is 32.6 Å². The van der Waals surface area contributed by atoms with Gasteiger partial charge in [-0.2, -0.15) is 13.2 Å². The topological polar surface area (TPSA) is 126 Å². The fourth-order valence-corrected chi connectivity index (χ4v) is 4.98. The van der Waals surface area contributed by atoms with Gasteiger partial charge in [-0.3, -0.25) is 4.79 Å². The minimum atomic E-state index is -4.72. The van der Waals surface area contributed by atoms with E-state index in [9.17, 15) is 32.7 Å². The van der Waals surface area contributed by atoms with Crippen LogP contribution < -0.4 is 11.0 Å². The van der Waals surface area contributed by atoms with E-state index >= 15 is 0 Å². The molecule has 9 nitrogen and oxygen atoms in total. The molecule has 4 aromatic rings. The van der Waals surface area contributed by atoms with Crippen molar-refractivity contribution in [2.75, 3.05) is 18.7 Å². The number of anilines is 1. The number of aromatic nitrogens is 3. The summed E-state index contributed by atoms with van der Waals surface area (Å²) in [7, 11) is 1.15. The Hall–Kier alpha value is -4.04. The number of hydrogen-bond donors (Lipinski definition) is 3. The number of amides is 1. The van der Waals surface area contributed by atoms with E-state index in [1.807, 2.05) is 6.26 Å². The standard InChI is InChI=1S/C25H21F3N4O5S2/c1-37-22(35)17-12-39-23(29-17)31-20(33)18(11-14-5-3-4-6-16(14)25(26,27)28)32-21(34)19(30-24(32)36)13-7-9-15(38-2)10-8-13/h3-10,12,18,34H,11H2,1-2H3,(H,30,36)(H,29,31,33)/t18-/m0/s1. The largest absolute Gasteiger partial charge is 0.493 e. The molecule has 0 bridgehead atoms. The summed E-state index contributed by atoms with van der Waals surface area (Å²) in [6, 6.07) is 9.86. The van der Waals surface area contributed by atoms with Crippen molar-refractivity contribution >= 4 is 40.1 Å². The van der Waals surface area contributed by atoms with Crippen LogP contribution in [0.2, 0.25) is 0 Å². The first-order valence-corrected chi connectivity index (χ1v) is 13.3. The van der Waals surface area contributed by atoms with Gasteiger partial charge in [-0.05, 0) is 30.0 Å². The number of H-pyrrole nitrogens is 1. The highest BCUT2D eigenvalue weighted by atomic mass is 32.2. The van der Waals surface area contributed by atoms with Crippen LogP contribution in [-0.2, 0) is 22.1 Å². The lowest BCUT2D eigenvalue weighted by molar-refractivity contribution is -0.138. The molecule has 14 heteroatoms. The van der Waals surface area contributed by atoms with Crippen LogP contribution in [0.4, 0.5) is 18.3 Å². The number of esters is 1. The lowest BCUT2D eigenvalue weighted by Gasteiger charge is -2.20. The number of aromatic amines is 1. The molecule has 0 aliphatic rings. The number of alkyl halides is 3. The predicted molar refractivity (Wildman–Crippen MR) is 140 cm³/mol. The van der Waals surface area contributed by atoms with E-state index in [1.165, 1.54) is 35.3 Å². The number of imidazole rings is 1. The molecular formula is C25H21F3N4O5S2. The van der Waals surface area contributed by atoms with Crippen molar-refractivity contribution in [1.82, 2.24) is 14.5 Å². The molecule has 0 saturated carbocycles. The molecule has 204 valence electrons. The smallest absolute Gasteiger partial charge is 0.416 e. The molecule has 0 aliphatic carbocycles. The zero-order valence-electron chi connectivity index (χ0n) is 20.4. The lowest BCUT2D eigenvalue weighted by atomic mass is 9.99. The highest BCUT2D eigenvalue weighted by Crippen LogP contribution is 2.35. The van der Waals surface area contributed by atoms with Crippen LogP contribution in [0.15, 0.2) is 63.6 Å². The van der Waals surface area contributed by atoms with Crippen LogP contribution in [-0.4, -0.2) is 44.9 Å². The van der Waals surface area contributed by atoms with Crippen molar-refractivity contribution in [3.05, 3.63) is 81.2 Å². The van der Waals surface area contributed by atoms with Crippen molar-refractivity contribution in [2.45, 2.75) is 23.5 Å². The number of carbonyl (C=O) groups is 2. The zero-order chi connectivity index (χ0) is 28.3. The van der Waals surface area contributed by atoms with E-state index < -0.39 is 47.6 Å². The van der Waals surface area contributed by atoms with Crippen LogP contribution in [0.1, 0.15) is 27.7 Å². The number of halogens is 3. The molecular weight excluding hydrogens is 557 g/mol. The molecule has 2 heterocycles. The van der Waals surface area contributed by atoms with Gasteiger partial charge in [-0.15, -0.1) is 23.1 Å². The predicted octanol–water partition coefficient (Wildman–Crippen LogP) is 4.96. The number of hydrogen-bond acceptors (Lipinski definition) is 8. The second-order valence-electron chi connectivity index (χ2n) is 8.12. The van der Waals surface area contributed by atoms with Crippen LogP contribution in [0.25, 0.3) is 11.3 Å². The normalized spacial score (nSPS) is 12.2. The molecule has 39 heavy (non-hydrogen) atoms. The Morgan fingerprint density at radius 1 is 1.21 bits per heavy atom. The highest BCUT2D eigenvalue weighted by molar-refractivity contribution is 7.98. The number of thiazole rings is 1. The molecule has 0 spiro atoms. The summed E-state index contributed by atoms with van der Waals surface area (Å²) < 4.78 is 46.5. The summed E-state index contributed by atoms with van der Waals surface area (Å²) in [5.41, 5.74) is -1.82. The molecule has 2 aromatic carbocycles. The van der Waals surface area contributed by atoms with Gasteiger partial charge >= 0.3 is 17.8 Å². The Bertz CT molecular complexity index is 1560. The summed E-state index contributed by atoms with van der Waals surface area (Å²) in [5.74, 6) is -2.31. The molecule has 0 radical (unpaired) electrons. The minimum Gasteiger partial charge on any atom is -0.493 e. The molecule has 0 saturated heterocycles. The second-order valence-corrected chi connectivity index (χ2v) is 9.86. The van der Waals surface area contributed by atoms with Crippen molar-refractivity contribution in [2.24, 2.45) is 0 Å². The first kappa shape index (κ1) is 28.0. The summed E-state index contributed by atoms with van der Waals surface area (Å²) in [6.45, 7) is 0. The summed E-state index contributed by atoms with van der Waals surface area (Å²) >= 11 is 2.36. The summed E-state index contributed by atoms with van der Waals surface area (Å²) in [5, 5.41) is 14.7. The molecule has 1 amide bonds. The number of nitrogens with zero attached hydrogens (tertiary/aromatic N) is 2. The van der Waals surface area contributed by atoms with Crippen molar-refractivity contribution in [1.29, 1.82) is 0 Å². The minimum absolute atomic E-state index is 0.00298. The number of nitrogens with one attached hydrogen (secondary N) is 2. The van der Waals surface area contributed by atoms with Gasteiger partial charge in [0.25, 0.3) is 0 Å². The fourth-order valence-electron chi connectivity index (χ4n) is 3.89. The number of carbonyl (C=O) groups excluding carboxylic acids is 2. The third kappa shape index (κ3) is 6.01. The van der Waals surface area contributed by atoms with Gasteiger partial charge in [0.15, 0.2) is 10.8 Å². The lowest BCUT2D eigenvalue weighted by Crippen LogP contribution is -2.34. The number of thioether (sulfide) groups is 1. The maximum Gasteiger partial charge on any atom is 0.416 e. The fraction of sp³-hybridized carbons (Fsp3) is 0.200. The van der Waals surface area contributed by atoms with E-state index in [1.54, 1.807) is 24.3 Å². The number of ether oxygens (including phenoxy) is 1. The number of rotatable bonds is 8. The first-order valence-electron chi connectivity index (χ1n) is 11.2. The SMILES string of the molecule is COC(=O)c1csc(NC(=O)[C@H](Cc2ccccc2C(F)(F)F)n2c(O)c(-c3ccc(SC)cc3)[nH]c2=O)n1. The number of benzene rings is 2. The second kappa shape index (κ2) is 11.4. The number of aromatic hydroxyl groups is 1. The monoisotopic (exact) mass is 578 g/mol. The van der Waals surface area contributed by atoms with Gasteiger partial charge in [-0.1, -0.05) is 30.3 Å².